The molecule has 2 unspecified atom stereocenters. The van der Waals surface area contributed by atoms with E-state index in [1.165, 1.54) is 24.3 Å². The van der Waals surface area contributed by atoms with E-state index >= 15 is 0 Å². The van der Waals surface area contributed by atoms with Crippen LogP contribution in [0.15, 0.2) is 48.5 Å². The molecule has 0 aromatic heterocycles. The van der Waals surface area contributed by atoms with Crippen molar-refractivity contribution in [2.75, 3.05) is 13.2 Å². The number of nitrogens with two attached hydrogens (primary N) is 2. The van der Waals surface area contributed by atoms with Gasteiger partial charge >= 0.3 is 71.1 Å². The molecule has 0 aliphatic carbocycles. The van der Waals surface area contributed by atoms with Gasteiger partial charge in [0.25, 0.3) is 6.47 Å². The van der Waals surface area contributed by atoms with Crippen molar-refractivity contribution in [3.05, 3.63) is 71.3 Å². The van der Waals surface area contributed by atoms with Crippen LogP contribution in [0.1, 0.15) is 26.4 Å². The van der Waals surface area contributed by atoms with Gasteiger partial charge in [0.15, 0.2) is 0 Å². The zero-order valence-corrected chi connectivity index (χ0v) is 26.2. The molecule has 37 heavy (non-hydrogen) atoms. The van der Waals surface area contributed by atoms with Crippen molar-refractivity contribution in [2.45, 2.75) is 38.8 Å². The number of ether oxygens (including phenoxy) is 2. The van der Waals surface area contributed by atoms with Crippen molar-refractivity contribution in [3.8, 4) is 0 Å². The van der Waals surface area contributed by atoms with Gasteiger partial charge in [0.05, 0.1) is 13.2 Å². The second-order valence-electron chi connectivity index (χ2n) is 6.57. The average Bonchev–Trinajstić information content (AvgIpc) is 2.83. The molecule has 0 aliphatic heterocycles. The zero-order valence-electron chi connectivity index (χ0n) is 22.4. The Morgan fingerprint density at radius 3 is 1.32 bits per heavy atom. The molecule has 14 heteroatoms. The summed E-state index contributed by atoms with van der Waals surface area (Å²) in [6.07, 6.45) is 0.720. The molecule has 0 spiro atoms. The largest absolute Gasteiger partial charge is 1.00 e. The van der Waals surface area contributed by atoms with Gasteiger partial charge in [-0.15, -0.1) is 12.4 Å². The van der Waals surface area contributed by atoms with Crippen LogP contribution in [-0.2, 0) is 41.6 Å². The summed E-state index contributed by atoms with van der Waals surface area (Å²) in [6, 6.07) is 10.4. The molecule has 0 bridgehead atoms. The second-order valence-corrected chi connectivity index (χ2v) is 6.57. The van der Waals surface area contributed by atoms with Gasteiger partial charge in [-0.3, -0.25) is 14.4 Å². The van der Waals surface area contributed by atoms with E-state index in [1.807, 2.05) is 0 Å². The minimum Gasteiger partial charge on any atom is -1.00 e. The van der Waals surface area contributed by atoms with Crippen molar-refractivity contribution >= 4 is 30.8 Å². The molecular formula is C23H31ClF2N2Na2O7. The molecule has 4 N–H and O–H groups in total. The third-order valence-electron chi connectivity index (χ3n) is 3.96. The Morgan fingerprint density at radius 2 is 1.11 bits per heavy atom. The molecule has 0 fully saturated rings. The van der Waals surface area contributed by atoms with E-state index in [0.717, 1.165) is 11.1 Å². The van der Waals surface area contributed by atoms with Crippen LogP contribution >= 0.6 is 12.4 Å². The van der Waals surface area contributed by atoms with Crippen molar-refractivity contribution < 1.29 is 103 Å². The van der Waals surface area contributed by atoms with Gasteiger partial charge < -0.3 is 32.5 Å². The molecule has 198 valence electrons. The number of benzene rings is 2. The standard InChI is InChI=1S/2C11H14FNO2.CH2O3.ClH.2Na.H/c2*1-2-15-11(14)10(13)7-8-3-5-9(12)6-4-8;2-1-4-3;;;;/h2*3-6,10H,2,7,13H2,1H3;1,3H;1H;;;/q;;;;2*+1;-1/p-1. The molecule has 0 aliphatic rings. The van der Waals surface area contributed by atoms with Crippen LogP contribution < -0.4 is 75.8 Å². The summed E-state index contributed by atoms with van der Waals surface area (Å²) in [5.74, 6) is -1.46. The summed E-state index contributed by atoms with van der Waals surface area (Å²) in [7, 11) is 0. The molecule has 2 atom stereocenters. The molecule has 2 aromatic carbocycles. The Morgan fingerprint density at radius 1 is 0.838 bits per heavy atom. The average molecular weight is 567 g/mol. The minimum absolute atomic E-state index is 0. The maximum Gasteiger partial charge on any atom is 1.00 e. The molecule has 0 saturated carbocycles. The molecule has 0 radical (unpaired) electrons. The summed E-state index contributed by atoms with van der Waals surface area (Å²) >= 11 is 0. The van der Waals surface area contributed by atoms with E-state index in [2.05, 4.69) is 4.89 Å². The number of carbonyl (C=O) groups excluding carboxylic acids is 3. The van der Waals surface area contributed by atoms with Crippen LogP contribution in [0.4, 0.5) is 8.78 Å². The Hall–Kier alpha value is -1.12. The first kappa shape index (κ1) is 43.0. The van der Waals surface area contributed by atoms with Gasteiger partial charge in [0, 0.05) is 0 Å². The summed E-state index contributed by atoms with van der Waals surface area (Å²) in [6.45, 7) is 3.90. The molecule has 0 amide bonds. The number of halogens is 3. The first-order valence-electron chi connectivity index (χ1n) is 10.2. The van der Waals surface area contributed by atoms with E-state index in [4.69, 9.17) is 31.0 Å². The number of rotatable bonds is 9. The van der Waals surface area contributed by atoms with Gasteiger partial charge in [0.2, 0.25) is 0 Å². The van der Waals surface area contributed by atoms with Crippen molar-refractivity contribution in [1.82, 2.24) is 0 Å². The van der Waals surface area contributed by atoms with Crippen LogP contribution in [0.5, 0.6) is 0 Å². The number of carbonyl (C=O) groups is 3. The Bertz CT molecular complexity index is 806. The van der Waals surface area contributed by atoms with Gasteiger partial charge in [-0.2, -0.15) is 0 Å². The van der Waals surface area contributed by atoms with Gasteiger partial charge in [0.1, 0.15) is 23.7 Å². The monoisotopic (exact) mass is 566 g/mol. The second kappa shape index (κ2) is 26.5. The molecule has 0 heterocycles. The fourth-order valence-corrected chi connectivity index (χ4v) is 2.41. The van der Waals surface area contributed by atoms with Gasteiger partial charge in [-0.05, 0) is 62.1 Å². The van der Waals surface area contributed by atoms with E-state index in [0.29, 0.717) is 26.1 Å². The number of esters is 2. The first-order valence-corrected chi connectivity index (χ1v) is 10.2. The fourth-order valence-electron chi connectivity index (χ4n) is 2.41. The third-order valence-corrected chi connectivity index (χ3v) is 3.96. The maximum atomic E-state index is 12.6. The van der Waals surface area contributed by atoms with Crippen LogP contribution in [0.2, 0.25) is 0 Å². The van der Waals surface area contributed by atoms with E-state index < -0.39 is 24.0 Å². The van der Waals surface area contributed by atoms with E-state index in [1.54, 1.807) is 38.1 Å². The number of hydrogen-bond acceptors (Lipinski definition) is 9. The predicted molar refractivity (Wildman–Crippen MR) is 125 cm³/mol. The maximum absolute atomic E-state index is 12.6. The quantitative estimate of drug-likeness (QED) is 0.100. The summed E-state index contributed by atoms with van der Waals surface area (Å²) in [4.78, 5) is 33.6. The Labute approximate surface area is 267 Å². The van der Waals surface area contributed by atoms with E-state index in [9.17, 15) is 18.4 Å². The molecule has 9 nitrogen and oxygen atoms in total. The summed E-state index contributed by atoms with van der Waals surface area (Å²) in [5.41, 5.74) is 12.8. The molecule has 2 aromatic rings. The third kappa shape index (κ3) is 21.5. The summed E-state index contributed by atoms with van der Waals surface area (Å²) < 4.78 is 34.7. The van der Waals surface area contributed by atoms with Gasteiger partial charge in [-0.1, -0.05) is 24.3 Å². The molecule has 0 saturated heterocycles. The van der Waals surface area contributed by atoms with E-state index in [-0.39, 0.29) is 91.1 Å². The SMILES string of the molecule is CCOC(=O)C(N)Cc1ccc(F)cc1.CCOC(=O)C(N)Cc1ccc(F)cc1.Cl.O=CO[O-].[H-].[Na+].[Na+]. The minimum atomic E-state index is -0.685. The predicted octanol–water partition coefficient (Wildman–Crippen LogP) is -4.51. The fraction of sp³-hybridized carbons (Fsp3) is 0.348. The van der Waals surface area contributed by atoms with Crippen LogP contribution in [0.3, 0.4) is 0 Å². The topological polar surface area (TPSA) is 154 Å². The molecular weight excluding hydrogens is 536 g/mol. The van der Waals surface area contributed by atoms with Crippen molar-refractivity contribution in [2.24, 2.45) is 11.5 Å². The van der Waals surface area contributed by atoms with Crippen LogP contribution in [-0.4, -0.2) is 43.7 Å². The summed E-state index contributed by atoms with van der Waals surface area (Å²) in [5, 5.41) is 8.43. The normalized spacial score (nSPS) is 10.5. The molecule has 2 rings (SSSR count). The smallest absolute Gasteiger partial charge is 1.00 e. The van der Waals surface area contributed by atoms with Crippen LogP contribution in [0, 0.1) is 11.6 Å². The van der Waals surface area contributed by atoms with Crippen molar-refractivity contribution in [1.29, 1.82) is 0 Å². The number of hydrogen-bond donors (Lipinski definition) is 2. The van der Waals surface area contributed by atoms with Crippen LogP contribution in [0.25, 0.3) is 0 Å². The first-order chi connectivity index (χ1) is 16.2. The Kier molecular flexibility index (Phi) is 30.7. The van der Waals surface area contributed by atoms with Crippen molar-refractivity contribution in [3.63, 3.8) is 0 Å². The Balaban J connectivity index is -0.000000153. The zero-order chi connectivity index (χ0) is 25.9. The van der Waals surface area contributed by atoms with Gasteiger partial charge in [-0.25, -0.2) is 8.78 Å².